The molecule has 4 heterocycles. The van der Waals surface area contributed by atoms with Crippen molar-refractivity contribution >= 4 is 29.3 Å². The van der Waals surface area contributed by atoms with Crippen LogP contribution in [0.1, 0.15) is 52.0 Å². The number of likely N-dealkylation sites (tertiary alicyclic amines) is 1. The molecule has 0 aliphatic carbocycles. The fraction of sp³-hybridized carbons (Fsp3) is 0.640. The maximum absolute atomic E-state index is 12.7. The molecule has 178 valence electrons. The van der Waals surface area contributed by atoms with Crippen LogP contribution in [0.5, 0.6) is 0 Å². The van der Waals surface area contributed by atoms with Gasteiger partial charge < -0.3 is 19.4 Å². The highest BCUT2D eigenvalue weighted by Gasteiger charge is 2.43. The average Bonchev–Trinajstić information content (AvgIpc) is 3.36. The molecule has 3 amide bonds. The third-order valence-corrected chi connectivity index (χ3v) is 7.43. The van der Waals surface area contributed by atoms with Crippen LogP contribution in [0, 0.1) is 5.92 Å². The van der Waals surface area contributed by atoms with Crippen LogP contribution in [-0.4, -0.2) is 66.7 Å². The van der Waals surface area contributed by atoms with Gasteiger partial charge in [0.25, 0.3) is 0 Å². The zero-order chi connectivity index (χ0) is 23.3. The Hall–Kier alpha value is -2.77. The molecule has 8 nitrogen and oxygen atoms in total. The molecule has 1 aromatic rings. The van der Waals surface area contributed by atoms with E-state index in [9.17, 15) is 14.4 Å². The standard InChI is InChI=1S/C25H34N4O4/c1-25(2,3)33-24(32)29-13-9-16-15-27(12-11-18(16)29)19-5-4-6-20-17(19)10-14-28(20)21-7-8-22(30)26-23(21)31/h4-6,16,18,21H,7-15H2,1-3H3,(H,26,30,31)/t16-,18+,21?/m1/s1. The molecule has 3 atom stereocenters. The Bertz CT molecular complexity index is 972. The predicted octanol–water partition coefficient (Wildman–Crippen LogP) is 2.69. The second-order valence-electron chi connectivity index (χ2n) is 10.7. The Morgan fingerprint density at radius 3 is 2.58 bits per heavy atom. The normalized spacial score (nSPS) is 27.4. The molecule has 1 aromatic carbocycles. The number of hydrogen-bond acceptors (Lipinski definition) is 6. The first-order valence-corrected chi connectivity index (χ1v) is 12.2. The van der Waals surface area contributed by atoms with Gasteiger partial charge in [-0.05, 0) is 64.5 Å². The minimum atomic E-state index is -0.477. The summed E-state index contributed by atoms with van der Waals surface area (Å²) in [6, 6.07) is 6.33. The van der Waals surface area contributed by atoms with Gasteiger partial charge in [-0.3, -0.25) is 14.9 Å². The van der Waals surface area contributed by atoms with Crippen LogP contribution in [0.15, 0.2) is 18.2 Å². The number of carbonyl (C=O) groups is 3. The number of fused-ring (bicyclic) bond motifs is 2. The van der Waals surface area contributed by atoms with Gasteiger partial charge in [-0.25, -0.2) is 4.79 Å². The van der Waals surface area contributed by atoms with Crippen molar-refractivity contribution in [3.05, 3.63) is 23.8 Å². The number of piperidine rings is 2. The first-order chi connectivity index (χ1) is 15.7. The highest BCUT2D eigenvalue weighted by Crippen LogP contribution is 2.41. The van der Waals surface area contributed by atoms with E-state index in [1.807, 2.05) is 25.7 Å². The van der Waals surface area contributed by atoms with Crippen molar-refractivity contribution in [3.8, 4) is 0 Å². The zero-order valence-electron chi connectivity index (χ0n) is 19.8. The van der Waals surface area contributed by atoms with E-state index < -0.39 is 5.60 Å². The number of carbonyl (C=O) groups excluding carboxylic acids is 3. The Labute approximate surface area is 195 Å². The van der Waals surface area contributed by atoms with Crippen molar-refractivity contribution in [1.82, 2.24) is 10.2 Å². The fourth-order valence-electron chi connectivity index (χ4n) is 5.99. The predicted molar refractivity (Wildman–Crippen MR) is 125 cm³/mol. The van der Waals surface area contributed by atoms with Gasteiger partial charge in [-0.1, -0.05) is 6.07 Å². The molecule has 3 saturated heterocycles. The Balaban J connectivity index is 1.30. The second-order valence-corrected chi connectivity index (χ2v) is 10.7. The maximum atomic E-state index is 12.7. The number of hydrogen-bond donors (Lipinski definition) is 1. The van der Waals surface area contributed by atoms with Crippen molar-refractivity contribution in [3.63, 3.8) is 0 Å². The topological polar surface area (TPSA) is 82.2 Å². The van der Waals surface area contributed by atoms with E-state index in [0.717, 1.165) is 51.1 Å². The lowest BCUT2D eigenvalue weighted by Crippen LogP contribution is -2.52. The van der Waals surface area contributed by atoms with E-state index in [0.29, 0.717) is 18.8 Å². The zero-order valence-corrected chi connectivity index (χ0v) is 19.8. The van der Waals surface area contributed by atoms with Gasteiger partial charge in [-0.15, -0.1) is 0 Å². The molecule has 1 unspecified atom stereocenters. The number of imide groups is 1. The minimum Gasteiger partial charge on any atom is -0.444 e. The lowest BCUT2D eigenvalue weighted by molar-refractivity contribution is -0.134. The molecule has 4 aliphatic rings. The number of benzene rings is 1. The third-order valence-electron chi connectivity index (χ3n) is 7.43. The van der Waals surface area contributed by atoms with Crippen LogP contribution in [0.3, 0.4) is 0 Å². The summed E-state index contributed by atoms with van der Waals surface area (Å²) >= 11 is 0. The largest absolute Gasteiger partial charge is 0.444 e. The molecule has 5 rings (SSSR count). The molecule has 0 radical (unpaired) electrons. The molecular formula is C25H34N4O4. The summed E-state index contributed by atoms with van der Waals surface area (Å²) < 4.78 is 5.64. The molecule has 8 heteroatoms. The van der Waals surface area contributed by atoms with Crippen LogP contribution in [-0.2, 0) is 20.7 Å². The van der Waals surface area contributed by atoms with Crippen molar-refractivity contribution in [1.29, 1.82) is 0 Å². The molecule has 1 N–H and O–H groups in total. The van der Waals surface area contributed by atoms with Crippen LogP contribution in [0.2, 0.25) is 0 Å². The second kappa shape index (κ2) is 8.22. The van der Waals surface area contributed by atoms with Gasteiger partial charge in [0.2, 0.25) is 11.8 Å². The molecule has 0 aromatic heterocycles. The summed E-state index contributed by atoms with van der Waals surface area (Å²) in [5.74, 6) is 0.0811. The molecule has 3 fully saturated rings. The first kappa shape index (κ1) is 22.0. The minimum absolute atomic E-state index is 0.177. The number of ether oxygens (including phenoxy) is 1. The Morgan fingerprint density at radius 1 is 1.03 bits per heavy atom. The van der Waals surface area contributed by atoms with E-state index in [2.05, 4.69) is 33.3 Å². The van der Waals surface area contributed by atoms with Gasteiger partial charge in [0.1, 0.15) is 11.6 Å². The SMILES string of the molecule is CC(C)(C)OC(=O)N1CC[C@@H]2CN(c3cccc4c3CCN4C3CCC(=O)NC3=O)CC[C@@H]21. The van der Waals surface area contributed by atoms with Crippen molar-refractivity contribution in [2.24, 2.45) is 5.92 Å². The number of amides is 3. The van der Waals surface area contributed by atoms with Gasteiger partial charge in [-0.2, -0.15) is 0 Å². The quantitative estimate of drug-likeness (QED) is 0.692. The average molecular weight is 455 g/mol. The monoisotopic (exact) mass is 454 g/mol. The van der Waals surface area contributed by atoms with E-state index >= 15 is 0 Å². The highest BCUT2D eigenvalue weighted by atomic mass is 16.6. The molecule has 0 bridgehead atoms. The van der Waals surface area contributed by atoms with E-state index in [1.54, 1.807) is 0 Å². The summed E-state index contributed by atoms with van der Waals surface area (Å²) in [7, 11) is 0. The van der Waals surface area contributed by atoms with Crippen LogP contribution in [0.25, 0.3) is 0 Å². The van der Waals surface area contributed by atoms with Gasteiger partial charge >= 0.3 is 6.09 Å². The maximum Gasteiger partial charge on any atom is 0.410 e. The number of anilines is 2. The smallest absolute Gasteiger partial charge is 0.410 e. The number of nitrogens with zero attached hydrogens (tertiary/aromatic N) is 3. The van der Waals surface area contributed by atoms with Crippen molar-refractivity contribution in [2.45, 2.75) is 70.6 Å². The first-order valence-electron chi connectivity index (χ1n) is 12.2. The number of nitrogens with one attached hydrogen (secondary N) is 1. The van der Waals surface area contributed by atoms with Gasteiger partial charge in [0, 0.05) is 55.6 Å². The molecule has 0 spiro atoms. The summed E-state index contributed by atoms with van der Waals surface area (Å²) in [4.78, 5) is 43.3. The summed E-state index contributed by atoms with van der Waals surface area (Å²) in [6.07, 6.45) is 3.61. The molecular weight excluding hydrogens is 420 g/mol. The van der Waals surface area contributed by atoms with Crippen molar-refractivity contribution < 1.29 is 19.1 Å². The van der Waals surface area contributed by atoms with Crippen molar-refractivity contribution in [2.75, 3.05) is 36.0 Å². The van der Waals surface area contributed by atoms with E-state index in [-0.39, 0.29) is 30.0 Å². The summed E-state index contributed by atoms with van der Waals surface area (Å²) in [6.45, 7) is 9.12. The van der Waals surface area contributed by atoms with Gasteiger partial charge in [0.05, 0.1) is 0 Å². The Morgan fingerprint density at radius 2 is 1.82 bits per heavy atom. The van der Waals surface area contributed by atoms with E-state index in [4.69, 9.17) is 4.74 Å². The lowest BCUT2D eigenvalue weighted by Gasteiger charge is -2.40. The third kappa shape index (κ3) is 4.15. The van der Waals surface area contributed by atoms with Crippen LogP contribution in [0.4, 0.5) is 16.2 Å². The van der Waals surface area contributed by atoms with Gasteiger partial charge in [0.15, 0.2) is 0 Å². The molecule has 33 heavy (non-hydrogen) atoms. The summed E-state index contributed by atoms with van der Waals surface area (Å²) in [5, 5.41) is 2.50. The van der Waals surface area contributed by atoms with E-state index in [1.165, 1.54) is 11.3 Å². The highest BCUT2D eigenvalue weighted by molar-refractivity contribution is 6.02. The molecule has 4 aliphatic heterocycles. The fourth-order valence-corrected chi connectivity index (χ4v) is 5.99. The molecule has 0 saturated carbocycles. The summed E-state index contributed by atoms with van der Waals surface area (Å²) in [5.41, 5.74) is 3.18. The van der Waals surface area contributed by atoms with Crippen LogP contribution < -0.4 is 15.1 Å². The lowest BCUT2D eigenvalue weighted by atomic mass is 9.92. The van der Waals surface area contributed by atoms with Crippen LogP contribution >= 0.6 is 0 Å². The number of rotatable bonds is 2. The Kier molecular flexibility index (Phi) is 5.49.